The lowest BCUT2D eigenvalue weighted by atomic mass is 9.79. The van der Waals surface area contributed by atoms with E-state index in [0.717, 1.165) is 87.6 Å². The maximum absolute atomic E-state index is 14.0. The number of aliphatic hydroxyl groups excluding tert-OH is 1. The molecule has 1 saturated carbocycles. The number of Topliss-reactive ketones (excluding diaryl/α,β-unsaturated/α-hetero) is 1. The van der Waals surface area contributed by atoms with Gasteiger partial charge in [0.05, 0.1) is 17.8 Å². The Labute approximate surface area is 213 Å². The molecule has 0 amide bonds. The Morgan fingerprint density at radius 3 is 2.53 bits per heavy atom. The van der Waals surface area contributed by atoms with Crippen LogP contribution in [-0.4, -0.2) is 73.4 Å². The topological polar surface area (TPSA) is 74.3 Å². The summed E-state index contributed by atoms with van der Waals surface area (Å²) in [6.45, 7) is 4.51. The number of para-hydroxylation sites is 2. The highest BCUT2D eigenvalue weighted by Gasteiger charge is 2.41. The normalized spacial score (nSPS) is 27.0. The van der Waals surface area contributed by atoms with E-state index in [0.29, 0.717) is 19.0 Å². The number of aryl methyl sites for hydroxylation is 1. The van der Waals surface area contributed by atoms with Gasteiger partial charge in [0.2, 0.25) is 0 Å². The number of rotatable bonds is 5. The van der Waals surface area contributed by atoms with Gasteiger partial charge in [-0.2, -0.15) is 0 Å². The molecular formula is C29H37N3O4. The third kappa shape index (κ3) is 4.66. The minimum atomic E-state index is -0.251. The van der Waals surface area contributed by atoms with Crippen LogP contribution < -0.4 is 19.7 Å². The Bertz CT molecular complexity index is 1080. The van der Waals surface area contributed by atoms with Gasteiger partial charge in [0.1, 0.15) is 13.2 Å². The third-order valence-corrected chi connectivity index (χ3v) is 8.45. The van der Waals surface area contributed by atoms with Crippen LogP contribution in [0.3, 0.4) is 0 Å². The molecule has 3 aliphatic heterocycles. The average molecular weight is 492 g/mol. The number of carbonyl (C=O) groups is 1. The van der Waals surface area contributed by atoms with Crippen LogP contribution >= 0.6 is 0 Å². The van der Waals surface area contributed by atoms with Crippen LogP contribution in [0.2, 0.25) is 0 Å². The fraction of sp³-hybridized carbons (Fsp3) is 0.552. The van der Waals surface area contributed by atoms with E-state index in [1.165, 1.54) is 5.56 Å². The van der Waals surface area contributed by atoms with E-state index in [2.05, 4.69) is 45.4 Å². The average Bonchev–Trinajstić information content (AvgIpc) is 2.93. The summed E-state index contributed by atoms with van der Waals surface area (Å²) in [6, 6.07) is 14.5. The second kappa shape index (κ2) is 10.3. The number of benzene rings is 2. The molecule has 0 aromatic heterocycles. The summed E-state index contributed by atoms with van der Waals surface area (Å²) in [5.74, 6) is 2.07. The second-order valence-electron chi connectivity index (χ2n) is 10.6. The molecule has 6 rings (SSSR count). The van der Waals surface area contributed by atoms with Gasteiger partial charge in [-0.25, -0.2) is 0 Å². The Balaban J connectivity index is 1.21. The van der Waals surface area contributed by atoms with Crippen molar-refractivity contribution < 1.29 is 19.4 Å². The maximum atomic E-state index is 14.0. The van der Waals surface area contributed by atoms with E-state index in [1.807, 2.05) is 12.1 Å². The van der Waals surface area contributed by atoms with Gasteiger partial charge in [-0.15, -0.1) is 0 Å². The van der Waals surface area contributed by atoms with Crippen molar-refractivity contribution in [1.29, 1.82) is 0 Å². The van der Waals surface area contributed by atoms with Crippen molar-refractivity contribution in [3.8, 4) is 11.5 Å². The molecule has 2 aromatic rings. The number of aliphatic hydroxyl groups is 1. The minimum Gasteiger partial charge on any atom is -0.486 e. The quantitative estimate of drug-likeness (QED) is 0.663. The van der Waals surface area contributed by atoms with Crippen molar-refractivity contribution in [3.63, 3.8) is 0 Å². The highest BCUT2D eigenvalue weighted by molar-refractivity contribution is 5.88. The third-order valence-electron chi connectivity index (χ3n) is 8.45. The van der Waals surface area contributed by atoms with Gasteiger partial charge in [-0.05, 0) is 62.3 Å². The largest absolute Gasteiger partial charge is 0.486 e. The number of piperazine rings is 1. The Morgan fingerprint density at radius 2 is 1.69 bits per heavy atom. The zero-order valence-electron chi connectivity index (χ0n) is 20.9. The molecule has 36 heavy (non-hydrogen) atoms. The molecule has 2 atom stereocenters. The van der Waals surface area contributed by atoms with Gasteiger partial charge in [0.15, 0.2) is 17.3 Å². The number of ketones is 1. The first-order valence-corrected chi connectivity index (χ1v) is 13.6. The number of ether oxygens (including phenoxy) is 2. The fourth-order valence-electron chi connectivity index (χ4n) is 6.48. The predicted octanol–water partition coefficient (Wildman–Crippen LogP) is 3.50. The molecular weight excluding hydrogens is 454 g/mol. The molecule has 2 unspecified atom stereocenters. The van der Waals surface area contributed by atoms with E-state index in [4.69, 9.17) is 9.47 Å². The molecule has 7 heteroatoms. The van der Waals surface area contributed by atoms with Crippen LogP contribution in [0, 0.1) is 5.92 Å². The number of carbonyl (C=O) groups excluding carboxylic acids is 1. The van der Waals surface area contributed by atoms with Crippen LogP contribution in [0.4, 0.5) is 11.4 Å². The highest BCUT2D eigenvalue weighted by atomic mass is 16.6. The molecule has 4 aliphatic rings. The number of hydrogen-bond donors (Lipinski definition) is 2. The molecule has 1 aliphatic carbocycles. The van der Waals surface area contributed by atoms with E-state index < -0.39 is 0 Å². The first-order chi connectivity index (χ1) is 17.7. The minimum absolute atomic E-state index is 0.0436. The van der Waals surface area contributed by atoms with Crippen LogP contribution in [0.5, 0.6) is 11.5 Å². The SMILES string of the molecule is O=C(C1CCC(O)CC1)C(C1CCc2ccccc2N1)N1CCN(c2cccc3c2OCCO3)CC1. The van der Waals surface area contributed by atoms with Crippen molar-refractivity contribution in [2.24, 2.45) is 5.92 Å². The first kappa shape index (κ1) is 23.6. The van der Waals surface area contributed by atoms with Gasteiger partial charge in [0, 0.05) is 43.8 Å². The second-order valence-corrected chi connectivity index (χ2v) is 10.6. The zero-order chi connectivity index (χ0) is 24.5. The van der Waals surface area contributed by atoms with Gasteiger partial charge in [0.25, 0.3) is 0 Å². The van der Waals surface area contributed by atoms with Gasteiger partial charge in [-0.1, -0.05) is 24.3 Å². The van der Waals surface area contributed by atoms with Crippen LogP contribution in [0.1, 0.15) is 37.7 Å². The van der Waals surface area contributed by atoms with E-state index in [-0.39, 0.29) is 24.1 Å². The molecule has 7 nitrogen and oxygen atoms in total. The summed E-state index contributed by atoms with van der Waals surface area (Å²) in [5, 5.41) is 13.8. The monoisotopic (exact) mass is 491 g/mol. The lowest BCUT2D eigenvalue weighted by Gasteiger charge is -2.45. The number of fused-ring (bicyclic) bond motifs is 2. The van der Waals surface area contributed by atoms with Crippen molar-refractivity contribution >= 4 is 17.2 Å². The number of hydrogen-bond acceptors (Lipinski definition) is 7. The smallest absolute Gasteiger partial charge is 0.184 e. The first-order valence-electron chi connectivity index (χ1n) is 13.6. The van der Waals surface area contributed by atoms with Gasteiger partial charge < -0.3 is 24.8 Å². The molecule has 0 bridgehead atoms. The molecule has 2 N–H and O–H groups in total. The molecule has 0 spiro atoms. The molecule has 0 radical (unpaired) electrons. The number of anilines is 2. The van der Waals surface area contributed by atoms with E-state index in [1.54, 1.807) is 0 Å². The standard InChI is InChI=1S/C29H37N3O4/c33-22-11-8-21(9-12-22)28(34)27(24-13-10-20-4-1-2-5-23(20)30-24)32-16-14-31(15-17-32)25-6-3-7-26-29(25)36-19-18-35-26/h1-7,21-22,24,27,30,33H,8-19H2. The highest BCUT2D eigenvalue weighted by Crippen LogP contribution is 2.40. The lowest BCUT2D eigenvalue weighted by Crippen LogP contribution is -2.60. The molecule has 2 fully saturated rings. The summed E-state index contributed by atoms with van der Waals surface area (Å²) in [7, 11) is 0. The van der Waals surface area contributed by atoms with E-state index in [9.17, 15) is 9.90 Å². The summed E-state index contributed by atoms with van der Waals surface area (Å²) in [6.07, 6.45) is 4.77. The van der Waals surface area contributed by atoms with Crippen molar-refractivity contribution in [2.45, 2.75) is 56.7 Å². The van der Waals surface area contributed by atoms with Crippen molar-refractivity contribution in [1.82, 2.24) is 4.90 Å². The molecule has 1 saturated heterocycles. The summed E-state index contributed by atoms with van der Waals surface area (Å²) >= 11 is 0. The van der Waals surface area contributed by atoms with Crippen LogP contribution in [0.25, 0.3) is 0 Å². The van der Waals surface area contributed by atoms with Gasteiger partial charge in [-0.3, -0.25) is 9.69 Å². The fourth-order valence-corrected chi connectivity index (χ4v) is 6.48. The number of nitrogens with zero attached hydrogens (tertiary/aromatic N) is 2. The molecule has 192 valence electrons. The maximum Gasteiger partial charge on any atom is 0.184 e. The van der Waals surface area contributed by atoms with Gasteiger partial charge >= 0.3 is 0 Å². The lowest BCUT2D eigenvalue weighted by molar-refractivity contribution is -0.130. The van der Waals surface area contributed by atoms with E-state index >= 15 is 0 Å². The summed E-state index contributed by atoms with van der Waals surface area (Å²) in [4.78, 5) is 18.8. The van der Waals surface area contributed by atoms with Crippen molar-refractivity contribution in [2.75, 3.05) is 49.6 Å². The van der Waals surface area contributed by atoms with Crippen LogP contribution in [-0.2, 0) is 11.2 Å². The number of nitrogens with one attached hydrogen (secondary N) is 1. The van der Waals surface area contributed by atoms with Crippen molar-refractivity contribution in [3.05, 3.63) is 48.0 Å². The Hall–Kier alpha value is -2.77. The molecule has 3 heterocycles. The molecule has 2 aromatic carbocycles. The zero-order valence-corrected chi connectivity index (χ0v) is 20.9. The van der Waals surface area contributed by atoms with Crippen LogP contribution in [0.15, 0.2) is 42.5 Å². The summed E-state index contributed by atoms with van der Waals surface area (Å²) in [5.41, 5.74) is 3.58. The Kier molecular flexibility index (Phi) is 6.76. The summed E-state index contributed by atoms with van der Waals surface area (Å²) < 4.78 is 11.8. The Morgan fingerprint density at radius 1 is 0.917 bits per heavy atom. The predicted molar refractivity (Wildman–Crippen MR) is 140 cm³/mol.